The van der Waals surface area contributed by atoms with Crippen molar-refractivity contribution in [2.75, 3.05) is 0 Å². The Morgan fingerprint density at radius 2 is 0.816 bits per heavy atom. The lowest BCUT2D eigenvalue weighted by atomic mass is 9.79. The van der Waals surface area contributed by atoms with E-state index in [1.54, 1.807) is 0 Å². The van der Waals surface area contributed by atoms with Crippen molar-refractivity contribution in [1.82, 2.24) is 25.4 Å². The van der Waals surface area contributed by atoms with Gasteiger partial charge in [-0.2, -0.15) is 10.2 Å². The minimum Gasteiger partial charge on any atom is -0.276 e. The first-order chi connectivity index (χ1) is 17.3. The fraction of sp³-hybridized carbons (Fsp3) is 0.485. The Labute approximate surface area is 228 Å². The first kappa shape index (κ1) is 27.8. The maximum atomic E-state index is 5.09. The summed E-state index contributed by atoms with van der Waals surface area (Å²) in [7, 11) is 0. The van der Waals surface area contributed by atoms with Gasteiger partial charge >= 0.3 is 0 Å². The lowest BCUT2D eigenvalue weighted by molar-refractivity contribution is 0.566. The molecule has 5 nitrogen and oxygen atoms in total. The molecule has 0 spiro atoms. The molecule has 38 heavy (non-hydrogen) atoms. The molecule has 1 aromatic carbocycles. The summed E-state index contributed by atoms with van der Waals surface area (Å²) >= 11 is 0. The molecule has 0 unspecified atom stereocenters. The van der Waals surface area contributed by atoms with Gasteiger partial charge in [0.25, 0.3) is 0 Å². The molecule has 0 saturated heterocycles. The van der Waals surface area contributed by atoms with Gasteiger partial charge in [0.1, 0.15) is 0 Å². The lowest BCUT2D eigenvalue weighted by Gasteiger charge is -2.26. The van der Waals surface area contributed by atoms with Gasteiger partial charge in [-0.15, -0.1) is 0 Å². The molecule has 3 aromatic heterocycles. The van der Waals surface area contributed by atoms with E-state index in [-0.39, 0.29) is 21.7 Å². The lowest BCUT2D eigenvalue weighted by Crippen LogP contribution is -2.16. The van der Waals surface area contributed by atoms with E-state index in [9.17, 15) is 0 Å². The molecule has 0 bridgehead atoms. The third-order valence-electron chi connectivity index (χ3n) is 7.07. The van der Waals surface area contributed by atoms with E-state index in [0.29, 0.717) is 0 Å². The quantitative estimate of drug-likeness (QED) is 0.289. The summed E-state index contributed by atoms with van der Waals surface area (Å²) in [5.41, 5.74) is 10.5. The molecule has 4 aromatic rings. The molecular formula is C33H45N5. The Hall–Kier alpha value is -3.21. The minimum atomic E-state index is -0.0528. The van der Waals surface area contributed by atoms with Gasteiger partial charge in [0, 0.05) is 10.8 Å². The van der Waals surface area contributed by atoms with E-state index in [1.807, 2.05) is 0 Å². The fourth-order valence-corrected chi connectivity index (χ4v) is 4.31. The molecular weight excluding hydrogens is 466 g/mol. The van der Waals surface area contributed by atoms with Crippen LogP contribution in [-0.4, -0.2) is 25.4 Å². The molecule has 3 heterocycles. The van der Waals surface area contributed by atoms with Crippen LogP contribution in [0.3, 0.4) is 0 Å². The summed E-state index contributed by atoms with van der Waals surface area (Å²) in [4.78, 5) is 5.09. The Morgan fingerprint density at radius 3 is 1.13 bits per heavy atom. The first-order valence-electron chi connectivity index (χ1n) is 13.6. The number of pyridine rings is 1. The van der Waals surface area contributed by atoms with Gasteiger partial charge in [-0.05, 0) is 57.3 Å². The summed E-state index contributed by atoms with van der Waals surface area (Å²) in [6.45, 7) is 26.7. The van der Waals surface area contributed by atoms with Crippen LogP contribution < -0.4 is 0 Å². The summed E-state index contributed by atoms with van der Waals surface area (Å²) in [6.07, 6.45) is 0. The van der Waals surface area contributed by atoms with E-state index in [4.69, 9.17) is 4.98 Å². The van der Waals surface area contributed by atoms with Crippen LogP contribution in [0.4, 0.5) is 0 Å². The maximum Gasteiger partial charge on any atom is 0.0894 e. The van der Waals surface area contributed by atoms with Gasteiger partial charge in [-0.25, -0.2) is 4.98 Å². The Balaban J connectivity index is 1.96. The van der Waals surface area contributed by atoms with Crippen LogP contribution in [0.2, 0.25) is 0 Å². The van der Waals surface area contributed by atoms with E-state index in [1.165, 1.54) is 16.7 Å². The highest BCUT2D eigenvalue weighted by Gasteiger charge is 2.24. The van der Waals surface area contributed by atoms with Gasteiger partial charge in [-0.3, -0.25) is 10.2 Å². The van der Waals surface area contributed by atoms with Gasteiger partial charge in [0.2, 0.25) is 0 Å². The van der Waals surface area contributed by atoms with Crippen LogP contribution in [0.1, 0.15) is 106 Å². The first-order valence-corrected chi connectivity index (χ1v) is 13.6. The van der Waals surface area contributed by atoms with Crippen molar-refractivity contribution in [1.29, 1.82) is 0 Å². The predicted molar refractivity (Wildman–Crippen MR) is 160 cm³/mol. The average molecular weight is 512 g/mol. The molecule has 202 valence electrons. The van der Waals surface area contributed by atoms with Gasteiger partial charge in [-0.1, -0.05) is 101 Å². The Kier molecular flexibility index (Phi) is 6.75. The SMILES string of the molecule is CC(C)(C)c1cc(-c2cc(-c3cc(C(C)(C)C)n[nH]3)nc(-c3cc(C(C)(C)C)n[nH]3)c2)cc(C(C)(C)C)c1. The van der Waals surface area contributed by atoms with Crippen molar-refractivity contribution < 1.29 is 0 Å². The highest BCUT2D eigenvalue weighted by atomic mass is 15.1. The standard InChI is InChI=1S/C33H45N5/c1-30(2,3)22-13-20(14-23(17-22)31(4,5)6)21-15-24(26-18-28(37-35-26)32(7,8)9)34-25(16-21)27-19-29(38-36-27)33(10,11)12/h13-19H,1-12H3,(H,35,37)(H,36,38). The molecule has 5 heteroatoms. The fourth-order valence-electron chi connectivity index (χ4n) is 4.31. The Bertz CT molecular complexity index is 1340. The van der Waals surface area contributed by atoms with Gasteiger partial charge in [0.05, 0.1) is 34.2 Å². The smallest absolute Gasteiger partial charge is 0.0894 e. The van der Waals surface area contributed by atoms with Gasteiger partial charge < -0.3 is 0 Å². The molecule has 4 rings (SSSR count). The molecule has 0 aliphatic heterocycles. The monoisotopic (exact) mass is 511 g/mol. The number of nitrogens with one attached hydrogen (secondary N) is 2. The molecule has 0 radical (unpaired) electrons. The van der Waals surface area contributed by atoms with Crippen LogP contribution >= 0.6 is 0 Å². The number of aromatic amines is 2. The number of hydrogen-bond donors (Lipinski definition) is 2. The Morgan fingerprint density at radius 1 is 0.447 bits per heavy atom. The maximum absolute atomic E-state index is 5.09. The highest BCUT2D eigenvalue weighted by Crippen LogP contribution is 2.37. The molecule has 0 amide bonds. The van der Waals surface area contributed by atoms with Crippen LogP contribution in [0.5, 0.6) is 0 Å². The van der Waals surface area contributed by atoms with Crippen molar-refractivity contribution in [2.24, 2.45) is 0 Å². The molecule has 2 N–H and O–H groups in total. The zero-order chi connectivity index (χ0) is 28.3. The van der Waals surface area contributed by atoms with Crippen LogP contribution in [-0.2, 0) is 21.7 Å². The molecule has 0 aliphatic rings. The van der Waals surface area contributed by atoms with E-state index in [2.05, 4.69) is 146 Å². The van der Waals surface area contributed by atoms with E-state index >= 15 is 0 Å². The van der Waals surface area contributed by atoms with Gasteiger partial charge in [0.15, 0.2) is 0 Å². The third kappa shape index (κ3) is 5.92. The van der Waals surface area contributed by atoms with Crippen LogP contribution in [0.15, 0.2) is 42.5 Å². The zero-order valence-electron chi connectivity index (χ0n) is 25.4. The molecule has 0 aliphatic carbocycles. The molecule has 0 fully saturated rings. The third-order valence-corrected chi connectivity index (χ3v) is 7.07. The minimum absolute atomic E-state index is 0.0324. The average Bonchev–Trinajstić information content (AvgIpc) is 3.47. The molecule has 0 saturated carbocycles. The predicted octanol–water partition coefficient (Wildman–Crippen LogP) is 8.72. The van der Waals surface area contributed by atoms with Crippen molar-refractivity contribution in [2.45, 2.75) is 105 Å². The van der Waals surface area contributed by atoms with E-state index in [0.717, 1.165) is 39.7 Å². The second-order valence-corrected chi connectivity index (χ2v) is 14.8. The zero-order valence-corrected chi connectivity index (χ0v) is 25.4. The second kappa shape index (κ2) is 9.21. The van der Waals surface area contributed by atoms with Crippen LogP contribution in [0.25, 0.3) is 33.9 Å². The largest absolute Gasteiger partial charge is 0.276 e. The highest BCUT2D eigenvalue weighted by molar-refractivity contribution is 5.76. The number of nitrogens with zero attached hydrogens (tertiary/aromatic N) is 3. The van der Waals surface area contributed by atoms with Crippen molar-refractivity contribution >= 4 is 0 Å². The number of H-pyrrole nitrogens is 2. The summed E-state index contributed by atoms with van der Waals surface area (Å²) in [5.74, 6) is 0. The number of benzene rings is 1. The number of hydrogen-bond acceptors (Lipinski definition) is 3. The normalized spacial score (nSPS) is 13.3. The summed E-state index contributed by atoms with van der Waals surface area (Å²) in [6, 6.07) is 15.6. The van der Waals surface area contributed by atoms with Crippen molar-refractivity contribution in [3.8, 4) is 33.9 Å². The van der Waals surface area contributed by atoms with E-state index < -0.39 is 0 Å². The topological polar surface area (TPSA) is 70.2 Å². The number of aromatic nitrogens is 5. The second-order valence-electron chi connectivity index (χ2n) is 14.8. The van der Waals surface area contributed by atoms with Crippen molar-refractivity contribution in [3.63, 3.8) is 0 Å². The molecule has 0 atom stereocenters. The van der Waals surface area contributed by atoms with Crippen molar-refractivity contribution in [3.05, 3.63) is 65.0 Å². The number of rotatable bonds is 3. The summed E-state index contributed by atoms with van der Waals surface area (Å²) < 4.78 is 0. The summed E-state index contributed by atoms with van der Waals surface area (Å²) in [5, 5.41) is 15.7. The van der Waals surface area contributed by atoms with Crippen LogP contribution in [0, 0.1) is 0 Å².